The summed E-state index contributed by atoms with van der Waals surface area (Å²) in [5, 5.41) is 5.32. The summed E-state index contributed by atoms with van der Waals surface area (Å²) in [6.07, 6.45) is 20.0. The Morgan fingerprint density at radius 3 is 1.24 bits per heavy atom. The third-order valence-corrected chi connectivity index (χ3v) is 4.27. The first-order valence-corrected chi connectivity index (χ1v) is 12.1. The Bertz CT molecular complexity index is 1010. The summed E-state index contributed by atoms with van der Waals surface area (Å²) in [5.74, 6) is 0. The Morgan fingerprint density at radius 2 is 1.00 bits per heavy atom. The summed E-state index contributed by atoms with van der Waals surface area (Å²) < 4.78 is 1.51. The molecule has 0 atom stereocenters. The minimum Gasteiger partial charge on any atom is -0.273 e. The molecule has 6 rings (SSSR count). The second-order valence-electron chi connectivity index (χ2n) is 7.32. The molecular weight excluding hydrogens is 697 g/mol. The maximum absolute atomic E-state index is 2.99. The predicted molar refractivity (Wildman–Crippen MR) is 168 cm³/mol. The van der Waals surface area contributed by atoms with Crippen LogP contribution in [0.2, 0.25) is 0 Å². The minimum absolute atomic E-state index is 0. The van der Waals surface area contributed by atoms with Crippen LogP contribution >= 0.6 is 49.6 Å². The standard InChI is InChI=1S/2C9H7.2C5H5.C3H6.4ClH.2Zr/c2*1-2-5-9-7-3-6-8(9)4-1;2*1-2-4-5-3-1;1-3-2;;;;;;/h2*1-7H;2*1-3H,4H2;1-2H3;4*1H;;/q4*-1;;;;;;2*+2. The molecular formula is C31H34Cl4Zr2. The molecule has 0 spiro atoms. The predicted octanol–water partition coefficient (Wildman–Crippen LogP) is 10.2. The summed E-state index contributed by atoms with van der Waals surface area (Å²) in [6.45, 7) is 4.25. The van der Waals surface area contributed by atoms with Gasteiger partial charge >= 0.3 is 67.5 Å². The maximum Gasteiger partial charge on any atom is 2.00 e. The zero-order chi connectivity index (χ0) is 22.9. The van der Waals surface area contributed by atoms with Gasteiger partial charge in [-0.2, -0.15) is 47.2 Å². The van der Waals surface area contributed by atoms with Crippen LogP contribution < -0.4 is 0 Å². The molecule has 0 aromatic heterocycles. The van der Waals surface area contributed by atoms with Crippen LogP contribution in [-0.4, -0.2) is 3.21 Å². The molecule has 0 bridgehead atoms. The number of hydrogen-bond acceptors (Lipinski definition) is 0. The van der Waals surface area contributed by atoms with Gasteiger partial charge in [0.25, 0.3) is 0 Å². The van der Waals surface area contributed by atoms with Crippen molar-refractivity contribution in [2.24, 2.45) is 0 Å². The monoisotopic (exact) mass is 726 g/mol. The van der Waals surface area contributed by atoms with E-state index in [4.69, 9.17) is 0 Å². The number of benzene rings is 2. The molecule has 0 fully saturated rings. The molecule has 4 aromatic rings. The first-order chi connectivity index (χ1) is 15.7. The Hall–Kier alpha value is -0.584. The van der Waals surface area contributed by atoms with E-state index in [0.29, 0.717) is 0 Å². The Morgan fingerprint density at radius 1 is 0.649 bits per heavy atom. The van der Waals surface area contributed by atoms with Crippen LogP contribution in [0.1, 0.15) is 26.7 Å². The van der Waals surface area contributed by atoms with E-state index in [-0.39, 0.29) is 75.8 Å². The quantitative estimate of drug-likeness (QED) is 0.158. The van der Waals surface area contributed by atoms with E-state index < -0.39 is 0 Å². The molecule has 4 aromatic carbocycles. The van der Waals surface area contributed by atoms with Gasteiger partial charge in [0, 0.05) is 0 Å². The molecule has 0 saturated heterocycles. The number of halogens is 4. The number of allylic oxidation sites excluding steroid dienone is 8. The van der Waals surface area contributed by atoms with Crippen molar-refractivity contribution in [1.82, 2.24) is 0 Å². The molecule has 0 amide bonds. The van der Waals surface area contributed by atoms with Crippen LogP contribution in [0.3, 0.4) is 0 Å². The van der Waals surface area contributed by atoms with E-state index in [1.807, 2.05) is 24.3 Å². The Labute approximate surface area is 282 Å². The summed E-state index contributed by atoms with van der Waals surface area (Å²) >= 11 is 1.55. The zero-order valence-electron chi connectivity index (χ0n) is 21.1. The molecule has 6 heteroatoms. The second kappa shape index (κ2) is 28.4. The van der Waals surface area contributed by atoms with E-state index >= 15 is 0 Å². The van der Waals surface area contributed by atoms with Gasteiger partial charge in [0.1, 0.15) is 0 Å². The Kier molecular flexibility index (Phi) is 33.4. The van der Waals surface area contributed by atoms with Crippen molar-refractivity contribution < 1.29 is 50.4 Å². The van der Waals surface area contributed by atoms with Gasteiger partial charge in [0.15, 0.2) is 0 Å². The number of rotatable bonds is 0. The van der Waals surface area contributed by atoms with Gasteiger partial charge in [-0.3, -0.25) is 12.2 Å². The van der Waals surface area contributed by atoms with Gasteiger partial charge < -0.3 is 0 Å². The molecule has 0 radical (unpaired) electrons. The van der Waals surface area contributed by atoms with Crippen molar-refractivity contribution in [1.29, 1.82) is 0 Å². The first-order valence-electron chi connectivity index (χ1n) is 10.8. The molecule has 2 aliphatic carbocycles. The topological polar surface area (TPSA) is 0 Å². The summed E-state index contributed by atoms with van der Waals surface area (Å²) in [5.41, 5.74) is 0. The summed E-state index contributed by atoms with van der Waals surface area (Å²) in [6, 6.07) is 29.3. The molecule has 0 saturated carbocycles. The largest absolute Gasteiger partial charge is 2.00 e. The van der Waals surface area contributed by atoms with Gasteiger partial charge in [-0.25, -0.2) is 24.3 Å². The maximum atomic E-state index is 2.99. The van der Waals surface area contributed by atoms with Crippen molar-refractivity contribution in [3.05, 3.63) is 134 Å². The fraction of sp³-hybridized carbons (Fsp3) is 0.129. The Balaban J connectivity index is -0.000000184. The fourth-order valence-electron chi connectivity index (χ4n) is 2.82. The van der Waals surface area contributed by atoms with Crippen LogP contribution in [-0.2, 0) is 50.4 Å². The van der Waals surface area contributed by atoms with E-state index in [9.17, 15) is 0 Å². The third kappa shape index (κ3) is 21.0. The SMILES string of the molecule is C[C](C)=[Zr+2].Cl.Cl.Cl.Cl.[C-]1=CC=CC1.[C-]1=CC=CC1.[Zr+2].c1ccc2[cH-]ccc2c1.c1ccc2[cH-]ccc2c1. The first kappa shape index (κ1) is 43.5. The van der Waals surface area contributed by atoms with Gasteiger partial charge in [0.05, 0.1) is 0 Å². The molecule has 0 aliphatic heterocycles. The van der Waals surface area contributed by atoms with Crippen molar-refractivity contribution >= 4 is 74.4 Å². The summed E-state index contributed by atoms with van der Waals surface area (Å²) in [4.78, 5) is 0. The van der Waals surface area contributed by atoms with E-state index in [1.54, 1.807) is 24.2 Å². The minimum atomic E-state index is 0. The number of fused-ring (bicyclic) bond motifs is 2. The molecule has 0 N–H and O–H groups in total. The smallest absolute Gasteiger partial charge is 0.273 e. The van der Waals surface area contributed by atoms with Gasteiger partial charge in [-0.05, 0) is 0 Å². The van der Waals surface area contributed by atoms with E-state index in [2.05, 4.69) is 123 Å². The summed E-state index contributed by atoms with van der Waals surface area (Å²) in [7, 11) is 0. The fourth-order valence-corrected chi connectivity index (χ4v) is 2.82. The molecule has 194 valence electrons. The van der Waals surface area contributed by atoms with Gasteiger partial charge in [0.2, 0.25) is 0 Å². The zero-order valence-corrected chi connectivity index (χ0v) is 29.3. The van der Waals surface area contributed by atoms with Crippen LogP contribution in [0.15, 0.2) is 121 Å². The molecule has 0 unspecified atom stereocenters. The van der Waals surface area contributed by atoms with E-state index in [0.717, 1.165) is 12.8 Å². The number of hydrogen-bond donors (Lipinski definition) is 0. The third-order valence-electron chi connectivity index (χ3n) is 4.27. The molecule has 0 nitrogen and oxygen atoms in total. The average molecular weight is 731 g/mol. The van der Waals surface area contributed by atoms with Crippen LogP contribution in [0, 0.1) is 12.2 Å². The van der Waals surface area contributed by atoms with Crippen molar-refractivity contribution in [2.45, 2.75) is 26.7 Å². The second-order valence-corrected chi connectivity index (χ2v) is 9.77. The van der Waals surface area contributed by atoms with Crippen molar-refractivity contribution in [3.63, 3.8) is 0 Å². The van der Waals surface area contributed by atoms with E-state index in [1.165, 1.54) is 24.8 Å². The normalized spacial score (nSPS) is 10.5. The average Bonchev–Trinajstić information content (AvgIpc) is 3.62. The van der Waals surface area contributed by atoms with Crippen LogP contribution in [0.5, 0.6) is 0 Å². The molecule has 37 heavy (non-hydrogen) atoms. The van der Waals surface area contributed by atoms with Gasteiger partial charge in [-0.15, -0.1) is 122 Å². The molecule has 0 heterocycles. The molecule has 2 aliphatic rings. The van der Waals surface area contributed by atoms with Crippen LogP contribution in [0.25, 0.3) is 21.5 Å². The van der Waals surface area contributed by atoms with Crippen LogP contribution in [0.4, 0.5) is 0 Å². The van der Waals surface area contributed by atoms with Crippen molar-refractivity contribution in [3.8, 4) is 0 Å². The van der Waals surface area contributed by atoms with Gasteiger partial charge in [-0.1, -0.05) is 12.1 Å². The van der Waals surface area contributed by atoms with Crippen molar-refractivity contribution in [2.75, 3.05) is 0 Å².